The van der Waals surface area contributed by atoms with Crippen molar-refractivity contribution >= 4 is 11.3 Å². The number of rotatable bonds is 4. The molecule has 0 bridgehead atoms. The molecule has 6 heteroatoms. The van der Waals surface area contributed by atoms with Crippen molar-refractivity contribution in [2.75, 3.05) is 0 Å². The maximum absolute atomic E-state index is 5.81. The summed E-state index contributed by atoms with van der Waals surface area (Å²) < 4.78 is 5.28. The summed E-state index contributed by atoms with van der Waals surface area (Å²) in [7, 11) is 0. The summed E-state index contributed by atoms with van der Waals surface area (Å²) in [6, 6.07) is 8.21. The minimum absolute atomic E-state index is 0.0845. The standard InChI is InChI=1S/C15H16N4OS/c1-9-3-5-11(6-4-9)7-13-18-14(20-19-13)12-8-21-15(17-12)10(2)16/h3-6,8,10H,7,16H2,1-2H3. The Balaban J connectivity index is 1.77. The molecule has 5 nitrogen and oxygen atoms in total. The van der Waals surface area contributed by atoms with Crippen LogP contribution in [0.5, 0.6) is 0 Å². The topological polar surface area (TPSA) is 77.8 Å². The molecule has 3 aromatic rings. The van der Waals surface area contributed by atoms with Crippen molar-refractivity contribution < 1.29 is 4.52 Å². The Morgan fingerprint density at radius 3 is 2.67 bits per heavy atom. The molecule has 108 valence electrons. The number of aryl methyl sites for hydroxylation is 1. The summed E-state index contributed by atoms with van der Waals surface area (Å²) in [5, 5.41) is 6.77. The predicted octanol–water partition coefficient (Wildman–Crippen LogP) is 3.11. The van der Waals surface area contributed by atoms with Crippen LogP contribution in [0.25, 0.3) is 11.6 Å². The fourth-order valence-corrected chi connectivity index (χ4v) is 2.66. The van der Waals surface area contributed by atoms with Crippen LogP contribution in [0.3, 0.4) is 0 Å². The zero-order valence-corrected chi connectivity index (χ0v) is 12.7. The van der Waals surface area contributed by atoms with E-state index >= 15 is 0 Å². The molecule has 0 spiro atoms. The van der Waals surface area contributed by atoms with Crippen molar-refractivity contribution in [2.45, 2.75) is 26.3 Å². The molecule has 0 fully saturated rings. The molecule has 1 unspecified atom stereocenters. The van der Waals surface area contributed by atoms with Crippen molar-refractivity contribution in [3.05, 3.63) is 51.6 Å². The molecule has 2 heterocycles. The van der Waals surface area contributed by atoms with Gasteiger partial charge in [-0.3, -0.25) is 0 Å². The Morgan fingerprint density at radius 2 is 2.00 bits per heavy atom. The largest absolute Gasteiger partial charge is 0.332 e. The van der Waals surface area contributed by atoms with Gasteiger partial charge in [0.2, 0.25) is 0 Å². The van der Waals surface area contributed by atoms with Crippen molar-refractivity contribution in [3.8, 4) is 11.6 Å². The Labute approximate surface area is 126 Å². The Hall–Kier alpha value is -2.05. The van der Waals surface area contributed by atoms with E-state index in [1.54, 1.807) is 0 Å². The molecular formula is C15H16N4OS. The highest BCUT2D eigenvalue weighted by atomic mass is 32.1. The fourth-order valence-electron chi connectivity index (χ4n) is 1.91. The minimum Gasteiger partial charge on any atom is -0.332 e. The van der Waals surface area contributed by atoms with E-state index in [0.29, 0.717) is 23.8 Å². The third-order valence-corrected chi connectivity index (χ3v) is 4.13. The normalized spacial score (nSPS) is 12.5. The molecule has 0 aliphatic rings. The number of thiazole rings is 1. The molecule has 0 aliphatic carbocycles. The molecule has 21 heavy (non-hydrogen) atoms. The predicted molar refractivity (Wildman–Crippen MR) is 82.0 cm³/mol. The second kappa shape index (κ2) is 5.75. The summed E-state index contributed by atoms with van der Waals surface area (Å²) in [5.74, 6) is 1.10. The van der Waals surface area contributed by atoms with Crippen LogP contribution < -0.4 is 5.73 Å². The number of benzene rings is 1. The summed E-state index contributed by atoms with van der Waals surface area (Å²) in [4.78, 5) is 8.81. The highest BCUT2D eigenvalue weighted by Gasteiger charge is 2.14. The van der Waals surface area contributed by atoms with Crippen LogP contribution in [-0.4, -0.2) is 15.1 Å². The molecule has 1 atom stereocenters. The molecule has 3 rings (SSSR count). The van der Waals surface area contributed by atoms with Gasteiger partial charge >= 0.3 is 0 Å². The van der Waals surface area contributed by atoms with Crippen molar-refractivity contribution in [3.63, 3.8) is 0 Å². The molecule has 0 aliphatic heterocycles. The SMILES string of the molecule is Cc1ccc(Cc2noc(-c3csc(C(C)N)n3)n2)cc1. The molecule has 2 N–H and O–H groups in total. The van der Waals surface area contributed by atoms with Gasteiger partial charge < -0.3 is 10.3 Å². The van der Waals surface area contributed by atoms with E-state index in [4.69, 9.17) is 10.3 Å². The maximum atomic E-state index is 5.81. The summed E-state index contributed by atoms with van der Waals surface area (Å²) in [6.45, 7) is 3.97. The van der Waals surface area contributed by atoms with Gasteiger partial charge in [-0.2, -0.15) is 4.98 Å². The van der Waals surface area contributed by atoms with Crippen LogP contribution in [-0.2, 0) is 6.42 Å². The van der Waals surface area contributed by atoms with Gasteiger partial charge in [0.15, 0.2) is 5.82 Å². The van der Waals surface area contributed by atoms with Gasteiger partial charge in [0.25, 0.3) is 5.89 Å². The first-order valence-electron chi connectivity index (χ1n) is 6.71. The van der Waals surface area contributed by atoms with Gasteiger partial charge in [-0.15, -0.1) is 11.3 Å². The monoisotopic (exact) mass is 300 g/mol. The second-order valence-corrected chi connectivity index (χ2v) is 5.93. The van der Waals surface area contributed by atoms with E-state index in [1.165, 1.54) is 16.9 Å². The Bertz CT molecular complexity index is 730. The van der Waals surface area contributed by atoms with Gasteiger partial charge in [-0.25, -0.2) is 4.98 Å². The number of nitrogens with two attached hydrogens (primary N) is 1. The van der Waals surface area contributed by atoms with Gasteiger partial charge in [0.05, 0.1) is 6.04 Å². The van der Waals surface area contributed by atoms with Crippen molar-refractivity contribution in [1.82, 2.24) is 15.1 Å². The highest BCUT2D eigenvalue weighted by molar-refractivity contribution is 7.10. The highest BCUT2D eigenvalue weighted by Crippen LogP contribution is 2.23. The van der Waals surface area contributed by atoms with Crippen LogP contribution in [0, 0.1) is 6.92 Å². The van der Waals surface area contributed by atoms with Crippen LogP contribution in [0.4, 0.5) is 0 Å². The lowest BCUT2D eigenvalue weighted by Crippen LogP contribution is -2.03. The Kier molecular flexibility index (Phi) is 3.81. The minimum atomic E-state index is -0.0845. The van der Waals surface area contributed by atoms with E-state index in [9.17, 15) is 0 Å². The van der Waals surface area contributed by atoms with Gasteiger partial charge in [-0.05, 0) is 19.4 Å². The zero-order chi connectivity index (χ0) is 14.8. The molecular weight excluding hydrogens is 284 g/mol. The number of nitrogens with zero attached hydrogens (tertiary/aromatic N) is 3. The van der Waals surface area contributed by atoms with E-state index < -0.39 is 0 Å². The van der Waals surface area contributed by atoms with Crippen LogP contribution in [0.2, 0.25) is 0 Å². The number of hydrogen-bond donors (Lipinski definition) is 1. The first-order valence-corrected chi connectivity index (χ1v) is 7.59. The van der Waals surface area contributed by atoms with Crippen molar-refractivity contribution in [1.29, 1.82) is 0 Å². The van der Waals surface area contributed by atoms with Crippen LogP contribution in [0.1, 0.15) is 34.9 Å². The van der Waals surface area contributed by atoms with E-state index in [-0.39, 0.29) is 6.04 Å². The third-order valence-electron chi connectivity index (χ3n) is 3.08. The van der Waals surface area contributed by atoms with E-state index in [0.717, 1.165) is 10.6 Å². The fraction of sp³-hybridized carbons (Fsp3) is 0.267. The lowest BCUT2D eigenvalue weighted by molar-refractivity contribution is 0.423. The van der Waals surface area contributed by atoms with Crippen LogP contribution in [0.15, 0.2) is 34.2 Å². The van der Waals surface area contributed by atoms with Gasteiger partial charge in [-0.1, -0.05) is 35.0 Å². The zero-order valence-electron chi connectivity index (χ0n) is 11.9. The lowest BCUT2D eigenvalue weighted by Gasteiger charge is -1.97. The van der Waals surface area contributed by atoms with Gasteiger partial charge in [0.1, 0.15) is 10.7 Å². The molecule has 0 saturated heterocycles. The van der Waals surface area contributed by atoms with Crippen molar-refractivity contribution in [2.24, 2.45) is 5.73 Å². The smallest absolute Gasteiger partial charge is 0.277 e. The number of aromatic nitrogens is 3. The average Bonchev–Trinajstić information content (AvgIpc) is 3.10. The Morgan fingerprint density at radius 1 is 1.24 bits per heavy atom. The average molecular weight is 300 g/mol. The second-order valence-electron chi connectivity index (χ2n) is 5.04. The maximum Gasteiger partial charge on any atom is 0.277 e. The molecule has 0 amide bonds. The molecule has 1 aromatic carbocycles. The lowest BCUT2D eigenvalue weighted by atomic mass is 10.1. The number of hydrogen-bond acceptors (Lipinski definition) is 6. The van der Waals surface area contributed by atoms with Crippen LogP contribution >= 0.6 is 11.3 Å². The first kappa shape index (κ1) is 13.9. The third kappa shape index (κ3) is 3.17. The first-order chi connectivity index (χ1) is 10.1. The molecule has 2 aromatic heterocycles. The summed E-state index contributed by atoms with van der Waals surface area (Å²) >= 11 is 1.50. The quantitative estimate of drug-likeness (QED) is 0.801. The van der Waals surface area contributed by atoms with Gasteiger partial charge in [0, 0.05) is 11.8 Å². The van der Waals surface area contributed by atoms with E-state index in [2.05, 4.69) is 46.3 Å². The summed E-state index contributed by atoms with van der Waals surface area (Å²) in [6.07, 6.45) is 0.647. The molecule has 0 radical (unpaired) electrons. The van der Waals surface area contributed by atoms with E-state index in [1.807, 2.05) is 12.3 Å². The molecule has 0 saturated carbocycles. The summed E-state index contributed by atoms with van der Waals surface area (Å²) in [5.41, 5.74) is 8.89.